The number of hydrogen-bond acceptors (Lipinski definition) is 5. The summed E-state index contributed by atoms with van der Waals surface area (Å²) in [5.74, 6) is 1.11. The quantitative estimate of drug-likeness (QED) is 0.439. The van der Waals surface area contributed by atoms with Crippen LogP contribution in [0.2, 0.25) is 0 Å². The predicted octanol–water partition coefficient (Wildman–Crippen LogP) is 2.98. The van der Waals surface area contributed by atoms with Crippen molar-refractivity contribution < 1.29 is 4.74 Å². The second-order valence-corrected chi connectivity index (χ2v) is 6.40. The van der Waals surface area contributed by atoms with Crippen LogP contribution in [0, 0.1) is 0 Å². The normalized spacial score (nSPS) is 16.8. The topological polar surface area (TPSA) is 38.2 Å². The monoisotopic (exact) mass is 295 g/mol. The van der Waals surface area contributed by atoms with E-state index in [9.17, 15) is 0 Å². The van der Waals surface area contributed by atoms with Gasteiger partial charge >= 0.3 is 0 Å². The van der Waals surface area contributed by atoms with E-state index in [4.69, 9.17) is 4.74 Å². The molecule has 2 heterocycles. The summed E-state index contributed by atoms with van der Waals surface area (Å²) >= 11 is 1.75. The number of unbranched alkanes of at least 4 members (excludes halogenated alkanes) is 1. The highest BCUT2D eigenvalue weighted by Gasteiger charge is 2.18. The number of hydrogen-bond donors (Lipinski definition) is 0. The molecule has 1 aliphatic rings. The van der Waals surface area contributed by atoms with E-state index in [0.717, 1.165) is 43.5 Å². The summed E-state index contributed by atoms with van der Waals surface area (Å²) in [6.07, 6.45) is 8.64. The third kappa shape index (κ3) is 5.04. The van der Waals surface area contributed by atoms with E-state index in [1.807, 2.05) is 12.4 Å². The first-order chi connectivity index (χ1) is 9.79. The molecule has 4 nitrogen and oxygen atoms in total. The second kappa shape index (κ2) is 8.60. The number of rotatable bonds is 7. The van der Waals surface area contributed by atoms with E-state index in [2.05, 4.69) is 28.8 Å². The zero-order valence-corrected chi connectivity index (χ0v) is 13.4. The Bertz CT molecular complexity index is 379. The van der Waals surface area contributed by atoms with Gasteiger partial charge in [0.05, 0.1) is 0 Å². The van der Waals surface area contributed by atoms with Crippen LogP contribution < -0.4 is 0 Å². The highest BCUT2D eigenvalue weighted by molar-refractivity contribution is 7.99. The lowest BCUT2D eigenvalue weighted by Crippen LogP contribution is -2.36. The Kier molecular flexibility index (Phi) is 6.76. The zero-order chi connectivity index (χ0) is 14.2. The second-order valence-electron chi connectivity index (χ2n) is 5.33. The summed E-state index contributed by atoms with van der Waals surface area (Å²) in [6.45, 7) is 4.90. The number of ether oxygens (including phenoxy) is 1. The van der Waals surface area contributed by atoms with Crippen molar-refractivity contribution in [1.29, 1.82) is 0 Å². The molecule has 112 valence electrons. The van der Waals surface area contributed by atoms with Crippen molar-refractivity contribution in [3.63, 3.8) is 0 Å². The smallest absolute Gasteiger partial charge is 0.187 e. The molecule has 0 saturated carbocycles. The van der Waals surface area contributed by atoms with Crippen LogP contribution in [-0.4, -0.2) is 46.9 Å². The lowest BCUT2D eigenvalue weighted by molar-refractivity contribution is 0.0406. The van der Waals surface area contributed by atoms with E-state index < -0.39 is 0 Å². The van der Waals surface area contributed by atoms with Gasteiger partial charge < -0.3 is 4.74 Å². The highest BCUT2D eigenvalue weighted by atomic mass is 32.2. The van der Waals surface area contributed by atoms with Gasteiger partial charge in [-0.2, -0.15) is 0 Å². The van der Waals surface area contributed by atoms with Crippen LogP contribution in [0.3, 0.4) is 0 Å². The van der Waals surface area contributed by atoms with Gasteiger partial charge in [-0.3, -0.25) is 4.90 Å². The molecular weight excluding hydrogens is 270 g/mol. The minimum Gasteiger partial charge on any atom is -0.381 e. The van der Waals surface area contributed by atoms with Gasteiger partial charge in [0, 0.05) is 49.5 Å². The molecule has 0 unspecified atom stereocenters. The SMILES string of the molecule is CCCCSc1ncc(CN(C)C2CCOCC2)cn1. The summed E-state index contributed by atoms with van der Waals surface area (Å²) in [7, 11) is 2.18. The molecule has 1 aromatic heterocycles. The van der Waals surface area contributed by atoms with E-state index in [1.165, 1.54) is 18.4 Å². The molecule has 1 fully saturated rings. The number of nitrogens with zero attached hydrogens (tertiary/aromatic N) is 3. The van der Waals surface area contributed by atoms with Crippen LogP contribution in [0.5, 0.6) is 0 Å². The van der Waals surface area contributed by atoms with Crippen molar-refractivity contribution in [1.82, 2.24) is 14.9 Å². The van der Waals surface area contributed by atoms with Gasteiger partial charge in [0.1, 0.15) is 0 Å². The Morgan fingerprint density at radius 2 is 2.00 bits per heavy atom. The molecule has 1 aliphatic heterocycles. The highest BCUT2D eigenvalue weighted by Crippen LogP contribution is 2.17. The molecule has 0 aromatic carbocycles. The van der Waals surface area contributed by atoms with Crippen LogP contribution in [-0.2, 0) is 11.3 Å². The zero-order valence-electron chi connectivity index (χ0n) is 12.5. The maximum atomic E-state index is 5.41. The first kappa shape index (κ1) is 15.7. The van der Waals surface area contributed by atoms with Crippen LogP contribution in [0.4, 0.5) is 0 Å². The molecule has 0 N–H and O–H groups in total. The summed E-state index contributed by atoms with van der Waals surface area (Å²) in [5.41, 5.74) is 1.19. The molecule has 0 aliphatic carbocycles. The van der Waals surface area contributed by atoms with E-state index >= 15 is 0 Å². The van der Waals surface area contributed by atoms with E-state index in [1.54, 1.807) is 11.8 Å². The average Bonchev–Trinajstić information content (AvgIpc) is 2.50. The average molecular weight is 295 g/mol. The lowest BCUT2D eigenvalue weighted by Gasteiger charge is -2.31. The first-order valence-electron chi connectivity index (χ1n) is 7.51. The molecule has 1 saturated heterocycles. The summed E-state index contributed by atoms with van der Waals surface area (Å²) < 4.78 is 5.41. The minimum absolute atomic E-state index is 0.627. The van der Waals surface area contributed by atoms with Gasteiger partial charge in [-0.15, -0.1) is 0 Å². The number of aromatic nitrogens is 2. The van der Waals surface area contributed by atoms with Gasteiger partial charge in [-0.05, 0) is 26.3 Å². The molecule has 20 heavy (non-hydrogen) atoms. The van der Waals surface area contributed by atoms with Crippen molar-refractivity contribution in [3.05, 3.63) is 18.0 Å². The Balaban J connectivity index is 1.80. The fourth-order valence-corrected chi connectivity index (χ4v) is 3.22. The van der Waals surface area contributed by atoms with E-state index in [-0.39, 0.29) is 0 Å². The first-order valence-corrected chi connectivity index (χ1v) is 8.50. The van der Waals surface area contributed by atoms with Gasteiger partial charge in [-0.25, -0.2) is 9.97 Å². The molecule has 0 bridgehead atoms. The summed E-state index contributed by atoms with van der Waals surface area (Å²) in [4.78, 5) is 11.3. The molecular formula is C15H25N3OS. The fourth-order valence-electron chi connectivity index (χ4n) is 2.35. The fraction of sp³-hybridized carbons (Fsp3) is 0.733. The minimum atomic E-state index is 0.627. The summed E-state index contributed by atoms with van der Waals surface area (Å²) in [6, 6.07) is 0.627. The maximum absolute atomic E-state index is 5.41. The molecule has 5 heteroatoms. The molecule has 0 radical (unpaired) electrons. The van der Waals surface area contributed by atoms with Crippen molar-refractivity contribution in [2.75, 3.05) is 26.0 Å². The Morgan fingerprint density at radius 1 is 1.30 bits per heavy atom. The Morgan fingerprint density at radius 3 is 2.65 bits per heavy atom. The van der Waals surface area contributed by atoms with Crippen LogP contribution in [0.1, 0.15) is 38.2 Å². The summed E-state index contributed by atoms with van der Waals surface area (Å²) in [5, 5.41) is 0.899. The van der Waals surface area contributed by atoms with Crippen molar-refractivity contribution in [2.24, 2.45) is 0 Å². The van der Waals surface area contributed by atoms with Crippen molar-refractivity contribution >= 4 is 11.8 Å². The Labute approximate surface area is 126 Å². The van der Waals surface area contributed by atoms with Crippen LogP contribution in [0.15, 0.2) is 17.6 Å². The Hall–Kier alpha value is -0.650. The lowest BCUT2D eigenvalue weighted by atomic mass is 10.1. The van der Waals surface area contributed by atoms with Gasteiger partial charge in [-0.1, -0.05) is 25.1 Å². The predicted molar refractivity (Wildman–Crippen MR) is 83.0 cm³/mol. The van der Waals surface area contributed by atoms with Gasteiger partial charge in [0.25, 0.3) is 0 Å². The van der Waals surface area contributed by atoms with Crippen molar-refractivity contribution in [2.45, 2.75) is 50.4 Å². The molecule has 2 rings (SSSR count). The molecule has 0 amide bonds. The largest absolute Gasteiger partial charge is 0.381 e. The maximum Gasteiger partial charge on any atom is 0.187 e. The molecule has 0 spiro atoms. The van der Waals surface area contributed by atoms with Crippen LogP contribution >= 0.6 is 11.8 Å². The van der Waals surface area contributed by atoms with Crippen LogP contribution in [0.25, 0.3) is 0 Å². The third-order valence-corrected chi connectivity index (χ3v) is 4.62. The van der Waals surface area contributed by atoms with Gasteiger partial charge in [0.15, 0.2) is 5.16 Å². The standard InChI is InChI=1S/C15H25N3OS/c1-3-4-9-20-15-16-10-13(11-17-15)12-18(2)14-5-7-19-8-6-14/h10-11,14H,3-9,12H2,1-2H3. The van der Waals surface area contributed by atoms with Gasteiger partial charge in [0.2, 0.25) is 0 Å². The van der Waals surface area contributed by atoms with E-state index in [0.29, 0.717) is 6.04 Å². The number of thioether (sulfide) groups is 1. The molecule has 1 aromatic rings. The third-order valence-electron chi connectivity index (χ3n) is 3.66. The van der Waals surface area contributed by atoms with Crippen molar-refractivity contribution in [3.8, 4) is 0 Å². The molecule has 0 atom stereocenters.